The van der Waals surface area contributed by atoms with Crippen molar-refractivity contribution in [3.63, 3.8) is 0 Å². The molecule has 0 fully saturated rings. The fourth-order valence-electron chi connectivity index (χ4n) is 1.31. The van der Waals surface area contributed by atoms with E-state index in [1.54, 1.807) is 0 Å². The van der Waals surface area contributed by atoms with Gasteiger partial charge in [-0.2, -0.15) is 0 Å². The summed E-state index contributed by atoms with van der Waals surface area (Å²) in [4.78, 5) is 4.14. The molecule has 0 radical (unpaired) electrons. The first kappa shape index (κ1) is 11.9. The molecular formula is C10H9BrF2N2S. The molecule has 1 aliphatic rings. The van der Waals surface area contributed by atoms with Crippen LogP contribution in [0.4, 0.5) is 14.5 Å². The maximum absolute atomic E-state index is 13.5. The van der Waals surface area contributed by atoms with Gasteiger partial charge in [0.2, 0.25) is 0 Å². The number of hydrogen-bond acceptors (Lipinski definition) is 3. The third-order valence-corrected chi connectivity index (χ3v) is 3.51. The lowest BCUT2D eigenvalue weighted by molar-refractivity contribution is 0.590. The second kappa shape index (κ2) is 4.71. The van der Waals surface area contributed by atoms with E-state index in [4.69, 9.17) is 0 Å². The zero-order valence-corrected chi connectivity index (χ0v) is 10.8. The number of nitrogens with one attached hydrogen (secondary N) is 1. The lowest BCUT2D eigenvalue weighted by Gasteiger charge is -2.08. The third kappa shape index (κ3) is 2.55. The third-order valence-electron chi connectivity index (χ3n) is 2.04. The Balaban J connectivity index is 2.22. The van der Waals surface area contributed by atoms with Crippen LogP contribution in [0.1, 0.15) is 6.92 Å². The van der Waals surface area contributed by atoms with Gasteiger partial charge in [0.05, 0.1) is 6.54 Å². The summed E-state index contributed by atoms with van der Waals surface area (Å²) in [5.41, 5.74) is -0.149. The molecule has 0 aromatic heterocycles. The van der Waals surface area contributed by atoms with E-state index in [0.29, 0.717) is 21.4 Å². The van der Waals surface area contributed by atoms with Gasteiger partial charge in [0.1, 0.15) is 5.69 Å². The predicted molar refractivity (Wildman–Crippen MR) is 67.0 cm³/mol. The van der Waals surface area contributed by atoms with Crippen LogP contribution in [0.3, 0.4) is 0 Å². The maximum atomic E-state index is 13.5. The number of hydrogen-bond donors (Lipinski definition) is 1. The minimum Gasteiger partial charge on any atom is -0.330 e. The highest BCUT2D eigenvalue weighted by Gasteiger charge is 2.18. The Kier molecular flexibility index (Phi) is 3.49. The van der Waals surface area contributed by atoms with Crippen LogP contribution in [0.5, 0.6) is 0 Å². The van der Waals surface area contributed by atoms with Crippen molar-refractivity contribution in [2.24, 2.45) is 4.99 Å². The van der Waals surface area contributed by atoms with Gasteiger partial charge in [-0.05, 0) is 12.1 Å². The molecule has 0 saturated heterocycles. The molecule has 1 unspecified atom stereocenters. The zero-order valence-electron chi connectivity index (χ0n) is 8.43. The van der Waals surface area contributed by atoms with E-state index >= 15 is 0 Å². The second-order valence-corrected chi connectivity index (χ2v) is 5.79. The summed E-state index contributed by atoms with van der Waals surface area (Å²) in [7, 11) is 0. The molecule has 6 heteroatoms. The van der Waals surface area contributed by atoms with Crippen molar-refractivity contribution in [1.82, 2.24) is 0 Å². The van der Waals surface area contributed by atoms with Crippen LogP contribution in [0, 0.1) is 11.6 Å². The molecule has 1 aromatic carbocycles. The van der Waals surface area contributed by atoms with E-state index in [0.717, 1.165) is 0 Å². The summed E-state index contributed by atoms with van der Waals surface area (Å²) in [6.45, 7) is 2.68. The molecule has 1 aromatic rings. The Morgan fingerprint density at radius 2 is 2.06 bits per heavy atom. The number of thioether (sulfide) groups is 1. The van der Waals surface area contributed by atoms with E-state index < -0.39 is 11.6 Å². The Morgan fingerprint density at radius 3 is 2.56 bits per heavy atom. The van der Waals surface area contributed by atoms with Gasteiger partial charge < -0.3 is 5.32 Å². The molecule has 86 valence electrons. The summed E-state index contributed by atoms with van der Waals surface area (Å²) in [5.74, 6) is -1.26. The van der Waals surface area contributed by atoms with Gasteiger partial charge in [0, 0.05) is 9.72 Å². The van der Waals surface area contributed by atoms with Gasteiger partial charge in [-0.25, -0.2) is 8.78 Å². The van der Waals surface area contributed by atoms with E-state index in [9.17, 15) is 8.78 Å². The average Bonchev–Trinajstić information content (AvgIpc) is 2.58. The second-order valence-electron chi connectivity index (χ2n) is 3.44. The fourth-order valence-corrected chi connectivity index (χ4v) is 2.56. The molecule has 1 aliphatic heterocycles. The molecule has 0 spiro atoms. The van der Waals surface area contributed by atoms with Crippen molar-refractivity contribution >= 4 is 38.5 Å². The zero-order chi connectivity index (χ0) is 11.7. The summed E-state index contributed by atoms with van der Waals surface area (Å²) in [6.07, 6.45) is 0. The van der Waals surface area contributed by atoms with Gasteiger partial charge in [0.25, 0.3) is 0 Å². The van der Waals surface area contributed by atoms with Gasteiger partial charge in [0.15, 0.2) is 16.8 Å². The Bertz CT molecular complexity index is 427. The fraction of sp³-hybridized carbons (Fsp3) is 0.300. The maximum Gasteiger partial charge on any atom is 0.161 e. The lowest BCUT2D eigenvalue weighted by Crippen LogP contribution is -2.09. The molecule has 0 bridgehead atoms. The number of rotatable bonds is 1. The number of anilines is 1. The predicted octanol–water partition coefficient (Wildman–Crippen LogP) is 3.63. The summed E-state index contributed by atoms with van der Waals surface area (Å²) < 4.78 is 27.3. The minimum absolute atomic E-state index is 0.149. The highest BCUT2D eigenvalue weighted by Crippen LogP contribution is 2.27. The molecule has 1 heterocycles. The van der Waals surface area contributed by atoms with E-state index in [1.807, 2.05) is 6.92 Å². The van der Waals surface area contributed by atoms with Crippen molar-refractivity contribution in [2.45, 2.75) is 12.2 Å². The van der Waals surface area contributed by atoms with Crippen LogP contribution in [0.2, 0.25) is 0 Å². The number of halogens is 3. The molecule has 1 N–H and O–H groups in total. The molecule has 0 aliphatic carbocycles. The van der Waals surface area contributed by atoms with Crippen molar-refractivity contribution in [2.75, 3.05) is 11.9 Å². The topological polar surface area (TPSA) is 24.4 Å². The summed E-state index contributed by atoms with van der Waals surface area (Å²) in [5, 5.41) is 3.59. The summed E-state index contributed by atoms with van der Waals surface area (Å²) >= 11 is 4.50. The van der Waals surface area contributed by atoms with Gasteiger partial charge in [-0.15, -0.1) is 0 Å². The van der Waals surface area contributed by atoms with Crippen LogP contribution in [0.15, 0.2) is 21.6 Å². The van der Waals surface area contributed by atoms with Gasteiger partial charge >= 0.3 is 0 Å². The normalized spacial score (nSPS) is 19.8. The van der Waals surface area contributed by atoms with E-state index in [1.165, 1.54) is 23.9 Å². The highest BCUT2D eigenvalue weighted by atomic mass is 79.9. The number of nitrogens with zero attached hydrogens (tertiary/aromatic N) is 1. The van der Waals surface area contributed by atoms with Crippen molar-refractivity contribution in [3.05, 3.63) is 28.2 Å². The van der Waals surface area contributed by atoms with Gasteiger partial charge in [-0.1, -0.05) is 34.6 Å². The largest absolute Gasteiger partial charge is 0.330 e. The van der Waals surface area contributed by atoms with E-state index in [2.05, 4.69) is 26.2 Å². The molecule has 0 amide bonds. The Hall–Kier alpha value is -0.620. The van der Waals surface area contributed by atoms with Crippen LogP contribution < -0.4 is 5.32 Å². The number of amidine groups is 1. The summed E-state index contributed by atoms with van der Waals surface area (Å²) in [6, 6.07) is 2.43. The SMILES string of the molecule is CC1CN=C(Nc2c(F)cc(Br)cc2F)S1. The first-order valence-corrected chi connectivity index (χ1v) is 6.36. The number of aliphatic imine (C=N–C) groups is 1. The average molecular weight is 307 g/mol. The van der Waals surface area contributed by atoms with Crippen LogP contribution in [-0.4, -0.2) is 17.0 Å². The molecule has 0 saturated carbocycles. The van der Waals surface area contributed by atoms with Crippen LogP contribution in [-0.2, 0) is 0 Å². The Labute approximate surface area is 105 Å². The van der Waals surface area contributed by atoms with E-state index in [-0.39, 0.29) is 5.69 Å². The standard InChI is InChI=1S/C10H9BrF2N2S/c1-5-4-14-10(16-5)15-9-7(12)2-6(11)3-8(9)13/h2-3,5H,4H2,1H3,(H,14,15). The molecule has 1 atom stereocenters. The first-order chi connectivity index (χ1) is 7.56. The lowest BCUT2D eigenvalue weighted by atomic mass is 10.3. The molecule has 2 rings (SSSR count). The molecule has 16 heavy (non-hydrogen) atoms. The minimum atomic E-state index is -0.630. The van der Waals surface area contributed by atoms with Crippen molar-refractivity contribution < 1.29 is 8.78 Å². The van der Waals surface area contributed by atoms with Crippen molar-refractivity contribution in [3.8, 4) is 0 Å². The Morgan fingerprint density at radius 1 is 1.44 bits per heavy atom. The highest BCUT2D eigenvalue weighted by molar-refractivity contribution is 9.10. The van der Waals surface area contributed by atoms with Gasteiger partial charge in [-0.3, -0.25) is 4.99 Å². The molecular weight excluding hydrogens is 298 g/mol. The quantitative estimate of drug-likeness (QED) is 0.857. The number of benzene rings is 1. The van der Waals surface area contributed by atoms with Crippen LogP contribution >= 0.6 is 27.7 Å². The van der Waals surface area contributed by atoms with Crippen LogP contribution in [0.25, 0.3) is 0 Å². The molecule has 2 nitrogen and oxygen atoms in total. The smallest absolute Gasteiger partial charge is 0.161 e. The monoisotopic (exact) mass is 306 g/mol. The van der Waals surface area contributed by atoms with Crippen molar-refractivity contribution in [1.29, 1.82) is 0 Å². The first-order valence-electron chi connectivity index (χ1n) is 4.69.